The highest BCUT2D eigenvalue weighted by Crippen LogP contribution is 2.30. The number of nitriles is 1. The van der Waals surface area contributed by atoms with E-state index in [0.717, 1.165) is 22.2 Å². The number of fused-ring (bicyclic) bond motifs is 1. The normalized spacial score (nSPS) is 10.6. The van der Waals surface area contributed by atoms with E-state index in [9.17, 15) is 9.65 Å². The predicted octanol–water partition coefficient (Wildman–Crippen LogP) is 4.15. The van der Waals surface area contributed by atoms with Gasteiger partial charge >= 0.3 is 0 Å². The van der Waals surface area contributed by atoms with Gasteiger partial charge in [-0.05, 0) is 42.3 Å². The van der Waals surface area contributed by atoms with E-state index in [1.807, 2.05) is 24.3 Å². The average molecular weight is 250 g/mol. The largest absolute Gasteiger partial charge is 0.353 e. The first-order chi connectivity index (χ1) is 9.20. The van der Waals surface area contributed by atoms with E-state index in [2.05, 4.69) is 11.1 Å². The van der Waals surface area contributed by atoms with Gasteiger partial charge in [-0.3, -0.25) is 0 Å². The van der Waals surface area contributed by atoms with Crippen molar-refractivity contribution in [3.63, 3.8) is 0 Å². The Kier molecular flexibility index (Phi) is 2.57. The van der Waals surface area contributed by atoms with E-state index in [0.29, 0.717) is 11.1 Å². The van der Waals surface area contributed by atoms with Crippen LogP contribution in [0.2, 0.25) is 0 Å². The highest BCUT2D eigenvalue weighted by molar-refractivity contribution is 5.93. The fourth-order valence-corrected chi connectivity index (χ4v) is 2.27. The molecule has 0 aliphatic heterocycles. The highest BCUT2D eigenvalue weighted by Gasteiger charge is 2.13. The molecule has 0 atom stereocenters. The smallest absolute Gasteiger partial charge is 0.126 e. The SMILES string of the molecule is Cc1cc(-c2[nH]c3ccccc3c2C#N)ccc1F. The number of H-pyrrole nitrogens is 1. The summed E-state index contributed by atoms with van der Waals surface area (Å²) in [6.07, 6.45) is 0. The second-order valence-electron chi connectivity index (χ2n) is 4.50. The van der Waals surface area contributed by atoms with Crippen molar-refractivity contribution in [3.8, 4) is 17.3 Å². The van der Waals surface area contributed by atoms with Crippen LogP contribution in [-0.4, -0.2) is 4.98 Å². The van der Waals surface area contributed by atoms with Crippen LogP contribution in [-0.2, 0) is 0 Å². The van der Waals surface area contributed by atoms with Gasteiger partial charge in [0.25, 0.3) is 0 Å². The lowest BCUT2D eigenvalue weighted by atomic mass is 10.0. The van der Waals surface area contributed by atoms with Crippen LogP contribution in [0.5, 0.6) is 0 Å². The predicted molar refractivity (Wildman–Crippen MR) is 73.1 cm³/mol. The van der Waals surface area contributed by atoms with Crippen molar-refractivity contribution in [3.05, 3.63) is 59.4 Å². The summed E-state index contributed by atoms with van der Waals surface area (Å²) >= 11 is 0. The first-order valence-corrected chi connectivity index (χ1v) is 5.98. The maximum absolute atomic E-state index is 13.3. The van der Waals surface area contributed by atoms with Gasteiger partial charge in [-0.2, -0.15) is 5.26 Å². The third-order valence-electron chi connectivity index (χ3n) is 3.26. The number of nitrogens with one attached hydrogen (secondary N) is 1. The van der Waals surface area contributed by atoms with Gasteiger partial charge in [0.05, 0.1) is 11.3 Å². The number of aryl methyl sites for hydroxylation is 1. The summed E-state index contributed by atoms with van der Waals surface area (Å²) in [6.45, 7) is 1.72. The van der Waals surface area contributed by atoms with Crippen molar-refractivity contribution in [2.75, 3.05) is 0 Å². The first-order valence-electron chi connectivity index (χ1n) is 5.98. The Bertz CT molecular complexity index is 809. The second kappa shape index (κ2) is 4.25. The summed E-state index contributed by atoms with van der Waals surface area (Å²) in [5.74, 6) is -0.238. The number of nitrogens with zero attached hydrogens (tertiary/aromatic N) is 1. The minimum atomic E-state index is -0.238. The summed E-state index contributed by atoms with van der Waals surface area (Å²) in [7, 11) is 0. The van der Waals surface area contributed by atoms with Crippen molar-refractivity contribution in [1.82, 2.24) is 4.98 Å². The van der Waals surface area contributed by atoms with Gasteiger partial charge in [-0.1, -0.05) is 18.2 Å². The molecule has 0 saturated heterocycles. The van der Waals surface area contributed by atoms with Crippen LogP contribution in [0.1, 0.15) is 11.1 Å². The Morgan fingerprint density at radius 3 is 2.68 bits per heavy atom. The van der Waals surface area contributed by atoms with Gasteiger partial charge in [-0.25, -0.2) is 4.39 Å². The molecule has 0 amide bonds. The molecule has 0 bridgehead atoms. The molecule has 0 aliphatic rings. The lowest BCUT2D eigenvalue weighted by Crippen LogP contribution is -1.86. The van der Waals surface area contributed by atoms with E-state index in [1.54, 1.807) is 19.1 Å². The van der Waals surface area contributed by atoms with Crippen molar-refractivity contribution < 1.29 is 4.39 Å². The molecule has 3 rings (SSSR count). The second-order valence-corrected chi connectivity index (χ2v) is 4.50. The van der Waals surface area contributed by atoms with Gasteiger partial charge in [0.2, 0.25) is 0 Å². The zero-order valence-corrected chi connectivity index (χ0v) is 10.4. The van der Waals surface area contributed by atoms with Crippen molar-refractivity contribution in [1.29, 1.82) is 5.26 Å². The third-order valence-corrected chi connectivity index (χ3v) is 3.26. The summed E-state index contributed by atoms with van der Waals surface area (Å²) < 4.78 is 13.3. The number of halogens is 1. The van der Waals surface area contributed by atoms with Crippen LogP contribution in [0.25, 0.3) is 22.2 Å². The molecule has 2 aromatic carbocycles. The molecule has 0 unspecified atom stereocenters. The molecule has 0 saturated carbocycles. The van der Waals surface area contributed by atoms with Crippen LogP contribution in [0.3, 0.4) is 0 Å². The lowest BCUT2D eigenvalue weighted by molar-refractivity contribution is 0.619. The summed E-state index contributed by atoms with van der Waals surface area (Å²) in [4.78, 5) is 3.23. The van der Waals surface area contributed by atoms with E-state index < -0.39 is 0 Å². The third kappa shape index (κ3) is 1.78. The maximum atomic E-state index is 13.3. The number of aromatic amines is 1. The minimum absolute atomic E-state index is 0.238. The number of rotatable bonds is 1. The van der Waals surface area contributed by atoms with Gasteiger partial charge in [-0.15, -0.1) is 0 Å². The van der Waals surface area contributed by atoms with Crippen LogP contribution >= 0.6 is 0 Å². The number of para-hydroxylation sites is 1. The Morgan fingerprint density at radius 1 is 1.16 bits per heavy atom. The fraction of sp³-hybridized carbons (Fsp3) is 0.0625. The Hall–Kier alpha value is -2.60. The average Bonchev–Trinajstić information content (AvgIpc) is 2.80. The minimum Gasteiger partial charge on any atom is -0.353 e. The number of hydrogen-bond donors (Lipinski definition) is 1. The Balaban J connectivity index is 2.30. The molecule has 1 aromatic heterocycles. The molecule has 0 radical (unpaired) electrons. The molecule has 3 heteroatoms. The summed E-state index contributed by atoms with van der Waals surface area (Å²) in [5.41, 5.74) is 3.65. The van der Waals surface area contributed by atoms with Crippen molar-refractivity contribution in [2.24, 2.45) is 0 Å². The van der Waals surface area contributed by atoms with Crippen LogP contribution < -0.4 is 0 Å². The highest BCUT2D eigenvalue weighted by atomic mass is 19.1. The van der Waals surface area contributed by atoms with Crippen LogP contribution in [0, 0.1) is 24.1 Å². The molecule has 1 N–H and O–H groups in total. The van der Waals surface area contributed by atoms with Gasteiger partial charge in [0.15, 0.2) is 0 Å². The Labute approximate surface area is 110 Å². The van der Waals surface area contributed by atoms with Gasteiger partial charge in [0.1, 0.15) is 11.9 Å². The monoisotopic (exact) mass is 250 g/mol. The molecular weight excluding hydrogens is 239 g/mol. The molecule has 92 valence electrons. The van der Waals surface area contributed by atoms with Crippen molar-refractivity contribution >= 4 is 10.9 Å². The molecule has 0 aliphatic carbocycles. The lowest BCUT2D eigenvalue weighted by Gasteiger charge is -2.02. The number of benzene rings is 2. The van der Waals surface area contributed by atoms with Crippen molar-refractivity contribution in [2.45, 2.75) is 6.92 Å². The van der Waals surface area contributed by atoms with E-state index in [4.69, 9.17) is 0 Å². The maximum Gasteiger partial charge on any atom is 0.126 e. The molecule has 3 aromatic rings. The van der Waals surface area contributed by atoms with Gasteiger partial charge in [0, 0.05) is 10.9 Å². The molecule has 0 fully saturated rings. The number of aromatic nitrogens is 1. The summed E-state index contributed by atoms with van der Waals surface area (Å²) in [5, 5.41) is 10.2. The summed E-state index contributed by atoms with van der Waals surface area (Å²) in [6, 6.07) is 14.7. The molecular formula is C16H11FN2. The quantitative estimate of drug-likeness (QED) is 0.692. The fourth-order valence-electron chi connectivity index (χ4n) is 2.27. The molecule has 1 heterocycles. The van der Waals surface area contributed by atoms with Gasteiger partial charge < -0.3 is 4.98 Å². The Morgan fingerprint density at radius 2 is 1.95 bits per heavy atom. The standard InChI is InChI=1S/C16H11FN2/c1-10-8-11(6-7-14(10)17)16-13(9-18)12-4-2-3-5-15(12)19-16/h2-8,19H,1H3. The number of hydrogen-bond acceptors (Lipinski definition) is 1. The topological polar surface area (TPSA) is 39.6 Å². The van der Waals surface area contributed by atoms with Crippen LogP contribution in [0.15, 0.2) is 42.5 Å². The zero-order valence-electron chi connectivity index (χ0n) is 10.4. The zero-order chi connectivity index (χ0) is 13.4. The first kappa shape index (κ1) is 11.5. The van der Waals surface area contributed by atoms with E-state index >= 15 is 0 Å². The molecule has 2 nitrogen and oxygen atoms in total. The molecule has 0 spiro atoms. The van der Waals surface area contributed by atoms with Crippen LogP contribution in [0.4, 0.5) is 4.39 Å². The van der Waals surface area contributed by atoms with E-state index in [-0.39, 0.29) is 5.82 Å². The molecule has 19 heavy (non-hydrogen) atoms. The van der Waals surface area contributed by atoms with E-state index in [1.165, 1.54) is 6.07 Å².